The maximum atomic E-state index is 11.0. The molecule has 0 aliphatic rings. The Morgan fingerprint density at radius 2 is 1.76 bits per heavy atom. The standard InChI is InChI=1S/C16H16ClNO3/c17-14-8-4-5-9-15(14)21-11-10-18(12-16(19)20)13-6-2-1-3-7-13/h1-9H,10-12H2,(H,19,20). The first-order valence-electron chi connectivity index (χ1n) is 6.56. The quantitative estimate of drug-likeness (QED) is 0.852. The first-order chi connectivity index (χ1) is 10.2. The summed E-state index contributed by atoms with van der Waals surface area (Å²) in [5.74, 6) is -0.279. The second kappa shape index (κ2) is 7.55. The number of para-hydroxylation sites is 2. The van der Waals surface area contributed by atoms with Crippen LogP contribution < -0.4 is 9.64 Å². The van der Waals surface area contributed by atoms with E-state index in [1.807, 2.05) is 42.5 Å². The van der Waals surface area contributed by atoms with Gasteiger partial charge in [0.15, 0.2) is 0 Å². The molecule has 0 aliphatic heterocycles. The van der Waals surface area contributed by atoms with Gasteiger partial charge in [-0.05, 0) is 24.3 Å². The van der Waals surface area contributed by atoms with Crippen LogP contribution in [0.4, 0.5) is 5.69 Å². The lowest BCUT2D eigenvalue weighted by Crippen LogP contribution is -2.33. The molecular formula is C16H16ClNO3. The summed E-state index contributed by atoms with van der Waals surface area (Å²) in [7, 11) is 0. The monoisotopic (exact) mass is 305 g/mol. The van der Waals surface area contributed by atoms with Crippen LogP contribution in [-0.4, -0.2) is 30.8 Å². The Balaban J connectivity index is 1.97. The SMILES string of the molecule is O=C(O)CN(CCOc1ccccc1Cl)c1ccccc1. The fourth-order valence-electron chi connectivity index (χ4n) is 1.93. The van der Waals surface area contributed by atoms with Gasteiger partial charge in [0.25, 0.3) is 0 Å². The lowest BCUT2D eigenvalue weighted by molar-refractivity contribution is -0.135. The lowest BCUT2D eigenvalue weighted by atomic mass is 10.3. The van der Waals surface area contributed by atoms with Crippen LogP contribution >= 0.6 is 11.6 Å². The first kappa shape index (κ1) is 15.2. The number of carboxylic acid groups (broad SMARTS) is 1. The van der Waals surface area contributed by atoms with Crippen molar-refractivity contribution in [2.45, 2.75) is 0 Å². The molecule has 5 heteroatoms. The van der Waals surface area contributed by atoms with Crippen molar-refractivity contribution in [3.63, 3.8) is 0 Å². The number of carboxylic acids is 1. The van der Waals surface area contributed by atoms with Crippen molar-refractivity contribution in [1.29, 1.82) is 0 Å². The molecule has 0 radical (unpaired) electrons. The summed E-state index contributed by atoms with van der Waals surface area (Å²) in [4.78, 5) is 12.7. The maximum Gasteiger partial charge on any atom is 0.323 e. The van der Waals surface area contributed by atoms with Crippen molar-refractivity contribution in [3.05, 3.63) is 59.6 Å². The number of ether oxygens (including phenoxy) is 1. The summed E-state index contributed by atoms with van der Waals surface area (Å²) in [5, 5.41) is 9.55. The Morgan fingerprint density at radius 3 is 2.43 bits per heavy atom. The molecule has 0 spiro atoms. The van der Waals surface area contributed by atoms with E-state index >= 15 is 0 Å². The molecule has 4 nitrogen and oxygen atoms in total. The van der Waals surface area contributed by atoms with Gasteiger partial charge in [-0.15, -0.1) is 0 Å². The van der Waals surface area contributed by atoms with E-state index in [4.69, 9.17) is 21.4 Å². The molecular weight excluding hydrogens is 290 g/mol. The van der Waals surface area contributed by atoms with Crippen LogP contribution in [-0.2, 0) is 4.79 Å². The molecule has 2 aromatic carbocycles. The molecule has 0 saturated carbocycles. The van der Waals surface area contributed by atoms with Crippen molar-refractivity contribution < 1.29 is 14.6 Å². The number of hydrogen-bond donors (Lipinski definition) is 1. The minimum absolute atomic E-state index is 0.0735. The molecule has 0 unspecified atom stereocenters. The van der Waals surface area contributed by atoms with E-state index in [0.29, 0.717) is 23.9 Å². The molecule has 21 heavy (non-hydrogen) atoms. The van der Waals surface area contributed by atoms with Gasteiger partial charge in [0.2, 0.25) is 0 Å². The molecule has 0 heterocycles. The van der Waals surface area contributed by atoms with Crippen LogP contribution in [0.1, 0.15) is 0 Å². The Kier molecular flexibility index (Phi) is 5.46. The zero-order chi connectivity index (χ0) is 15.1. The van der Waals surface area contributed by atoms with Crippen LogP contribution in [0.2, 0.25) is 5.02 Å². The second-order valence-corrected chi connectivity index (χ2v) is 4.84. The van der Waals surface area contributed by atoms with Gasteiger partial charge in [0, 0.05) is 5.69 Å². The number of carbonyl (C=O) groups is 1. The summed E-state index contributed by atoms with van der Waals surface area (Å²) >= 11 is 6.01. The Bertz CT molecular complexity index is 589. The first-order valence-corrected chi connectivity index (χ1v) is 6.94. The second-order valence-electron chi connectivity index (χ2n) is 4.43. The van der Waals surface area contributed by atoms with Gasteiger partial charge in [-0.1, -0.05) is 41.9 Å². The van der Waals surface area contributed by atoms with Gasteiger partial charge in [-0.2, -0.15) is 0 Å². The van der Waals surface area contributed by atoms with Crippen molar-refractivity contribution in [2.24, 2.45) is 0 Å². The molecule has 0 bridgehead atoms. The highest BCUT2D eigenvalue weighted by molar-refractivity contribution is 6.32. The predicted molar refractivity (Wildman–Crippen MR) is 83.2 cm³/mol. The zero-order valence-electron chi connectivity index (χ0n) is 11.4. The smallest absolute Gasteiger partial charge is 0.323 e. The Hall–Kier alpha value is -2.20. The van der Waals surface area contributed by atoms with E-state index in [9.17, 15) is 4.79 Å². The summed E-state index contributed by atoms with van der Waals surface area (Å²) in [6.45, 7) is 0.739. The highest BCUT2D eigenvalue weighted by Crippen LogP contribution is 2.23. The van der Waals surface area contributed by atoms with E-state index in [1.54, 1.807) is 17.0 Å². The largest absolute Gasteiger partial charge is 0.490 e. The minimum atomic E-state index is -0.878. The van der Waals surface area contributed by atoms with Crippen LogP contribution in [0.5, 0.6) is 5.75 Å². The number of hydrogen-bond acceptors (Lipinski definition) is 3. The summed E-state index contributed by atoms with van der Waals surface area (Å²) < 4.78 is 5.60. The third-order valence-corrected chi connectivity index (χ3v) is 3.22. The van der Waals surface area contributed by atoms with Gasteiger partial charge in [0.1, 0.15) is 18.9 Å². The number of nitrogens with zero attached hydrogens (tertiary/aromatic N) is 1. The number of aliphatic carboxylic acids is 1. The van der Waals surface area contributed by atoms with E-state index < -0.39 is 5.97 Å². The van der Waals surface area contributed by atoms with Gasteiger partial charge < -0.3 is 14.7 Å². The van der Waals surface area contributed by atoms with Crippen LogP contribution in [0.3, 0.4) is 0 Å². The molecule has 2 aromatic rings. The van der Waals surface area contributed by atoms with Crippen LogP contribution in [0.25, 0.3) is 0 Å². The van der Waals surface area contributed by atoms with Crippen LogP contribution in [0, 0.1) is 0 Å². The molecule has 0 aromatic heterocycles. The third kappa shape index (κ3) is 4.68. The Labute approximate surface area is 128 Å². The minimum Gasteiger partial charge on any atom is -0.490 e. The van der Waals surface area contributed by atoms with E-state index in [-0.39, 0.29) is 6.54 Å². The molecule has 0 aliphatic carbocycles. The molecule has 0 amide bonds. The average Bonchev–Trinajstić information content (AvgIpc) is 2.49. The molecule has 2 rings (SSSR count). The normalized spacial score (nSPS) is 10.1. The maximum absolute atomic E-state index is 11.0. The number of anilines is 1. The van der Waals surface area contributed by atoms with Gasteiger partial charge in [-0.25, -0.2) is 0 Å². The van der Waals surface area contributed by atoms with E-state index in [2.05, 4.69) is 0 Å². The highest BCUT2D eigenvalue weighted by atomic mass is 35.5. The van der Waals surface area contributed by atoms with Gasteiger partial charge in [-0.3, -0.25) is 4.79 Å². The third-order valence-electron chi connectivity index (χ3n) is 2.90. The summed E-state index contributed by atoms with van der Waals surface area (Å²) in [6, 6.07) is 16.6. The summed E-state index contributed by atoms with van der Waals surface area (Å²) in [5.41, 5.74) is 0.850. The Morgan fingerprint density at radius 1 is 1.10 bits per heavy atom. The topological polar surface area (TPSA) is 49.8 Å². The molecule has 0 fully saturated rings. The van der Waals surface area contributed by atoms with Crippen molar-refractivity contribution in [3.8, 4) is 5.75 Å². The summed E-state index contributed by atoms with van der Waals surface area (Å²) in [6.07, 6.45) is 0. The number of benzene rings is 2. The highest BCUT2D eigenvalue weighted by Gasteiger charge is 2.10. The van der Waals surface area contributed by atoms with Crippen molar-refractivity contribution in [2.75, 3.05) is 24.6 Å². The van der Waals surface area contributed by atoms with Gasteiger partial charge >= 0.3 is 5.97 Å². The fourth-order valence-corrected chi connectivity index (χ4v) is 2.12. The average molecular weight is 306 g/mol. The zero-order valence-corrected chi connectivity index (χ0v) is 12.2. The van der Waals surface area contributed by atoms with Gasteiger partial charge in [0.05, 0.1) is 11.6 Å². The predicted octanol–water partition coefficient (Wildman–Crippen LogP) is 3.31. The van der Waals surface area contributed by atoms with Crippen molar-refractivity contribution >= 4 is 23.3 Å². The van der Waals surface area contributed by atoms with Crippen LogP contribution in [0.15, 0.2) is 54.6 Å². The molecule has 110 valence electrons. The number of rotatable bonds is 7. The molecule has 0 atom stereocenters. The lowest BCUT2D eigenvalue weighted by Gasteiger charge is -2.23. The van der Waals surface area contributed by atoms with E-state index in [0.717, 1.165) is 5.69 Å². The number of halogens is 1. The van der Waals surface area contributed by atoms with E-state index in [1.165, 1.54) is 0 Å². The molecule has 1 N–H and O–H groups in total. The van der Waals surface area contributed by atoms with Crippen molar-refractivity contribution in [1.82, 2.24) is 0 Å². The fraction of sp³-hybridized carbons (Fsp3) is 0.188. The molecule has 0 saturated heterocycles.